The van der Waals surface area contributed by atoms with Crippen molar-refractivity contribution in [2.75, 3.05) is 19.8 Å². The van der Waals surface area contributed by atoms with Gasteiger partial charge >= 0.3 is 0 Å². The zero-order valence-corrected chi connectivity index (χ0v) is 22.4. The predicted octanol–water partition coefficient (Wildman–Crippen LogP) is 4.61. The highest BCUT2D eigenvalue weighted by Gasteiger charge is 2.29. The van der Waals surface area contributed by atoms with Gasteiger partial charge in [0.1, 0.15) is 5.82 Å². The van der Waals surface area contributed by atoms with E-state index in [1.54, 1.807) is 36.6 Å². The Kier molecular flexibility index (Phi) is 6.82. The third-order valence-corrected chi connectivity index (χ3v) is 7.98. The fourth-order valence-electron chi connectivity index (χ4n) is 5.28. The topological polar surface area (TPSA) is 87.7 Å². The summed E-state index contributed by atoms with van der Waals surface area (Å²) in [5.74, 6) is -0.223. The number of pyridine rings is 1. The third-order valence-electron chi connectivity index (χ3n) is 7.74. The van der Waals surface area contributed by atoms with E-state index in [2.05, 4.69) is 4.98 Å². The molecule has 0 bridgehead atoms. The SMILES string of the molecule is Cc1nc2c(-c3ccc(Cl)cc3F)cc([C@@H]3CCO[C@H](c4ccc(=O)n(CC5COC5)c4)C3)nn2c(=O)c1C. The molecule has 39 heavy (non-hydrogen) atoms. The van der Waals surface area contributed by atoms with Gasteiger partial charge in [0.15, 0.2) is 5.65 Å². The number of ether oxygens (including phenoxy) is 2. The molecule has 8 nitrogen and oxygen atoms in total. The lowest BCUT2D eigenvalue weighted by atomic mass is 9.88. The summed E-state index contributed by atoms with van der Waals surface area (Å²) in [6, 6.07) is 9.68. The van der Waals surface area contributed by atoms with E-state index in [0.717, 1.165) is 5.56 Å². The van der Waals surface area contributed by atoms with Crippen molar-refractivity contribution in [3.05, 3.63) is 96.7 Å². The number of benzene rings is 1. The highest BCUT2D eigenvalue weighted by molar-refractivity contribution is 6.30. The standard InChI is InChI=1S/C29H28ClFN4O4/c1-16-17(2)32-28-23(22-5-4-21(30)10-24(22)31)11-25(33-35(28)29(16)37)19-7-8-39-26(9-19)20-3-6-27(36)34(13-20)12-18-14-38-15-18/h3-6,10-11,13,18-19,26H,7-9,12,14-15H2,1-2H3/t19-,26+/m1/s1. The quantitative estimate of drug-likeness (QED) is 0.361. The molecule has 10 heteroatoms. The molecule has 4 aromatic rings. The third kappa shape index (κ3) is 4.90. The van der Waals surface area contributed by atoms with Crippen molar-refractivity contribution in [3.63, 3.8) is 0 Å². The Bertz CT molecular complexity index is 1700. The average Bonchev–Trinajstić information content (AvgIpc) is 2.90. The Morgan fingerprint density at radius 2 is 1.92 bits per heavy atom. The van der Waals surface area contributed by atoms with Crippen LogP contribution in [0.25, 0.3) is 16.8 Å². The molecule has 1 aromatic carbocycles. The van der Waals surface area contributed by atoms with Crippen molar-refractivity contribution in [2.45, 2.75) is 45.3 Å². The van der Waals surface area contributed by atoms with Gasteiger partial charge in [-0.3, -0.25) is 9.59 Å². The summed E-state index contributed by atoms with van der Waals surface area (Å²) < 4.78 is 29.5. The van der Waals surface area contributed by atoms with Crippen molar-refractivity contribution in [3.8, 4) is 11.1 Å². The molecule has 3 aromatic heterocycles. The molecular weight excluding hydrogens is 523 g/mol. The second-order valence-electron chi connectivity index (χ2n) is 10.4. The summed E-state index contributed by atoms with van der Waals surface area (Å²) in [6.45, 7) is 5.89. The molecule has 2 aliphatic rings. The van der Waals surface area contributed by atoms with E-state index in [4.69, 9.17) is 26.2 Å². The molecule has 0 N–H and O–H groups in total. The van der Waals surface area contributed by atoms with Crippen LogP contribution in [0.1, 0.15) is 47.4 Å². The van der Waals surface area contributed by atoms with Crippen LogP contribution in [0.4, 0.5) is 4.39 Å². The maximum atomic E-state index is 15.1. The molecule has 0 spiro atoms. The van der Waals surface area contributed by atoms with Crippen LogP contribution in [0.15, 0.2) is 52.2 Å². The van der Waals surface area contributed by atoms with Gasteiger partial charge in [-0.15, -0.1) is 0 Å². The molecule has 2 saturated heterocycles. The van der Waals surface area contributed by atoms with Crippen LogP contribution in [0.3, 0.4) is 0 Å². The first-order chi connectivity index (χ1) is 18.8. The number of aromatic nitrogens is 4. The normalized spacial score (nSPS) is 19.8. The van der Waals surface area contributed by atoms with Gasteiger partial charge in [0, 0.05) is 64.7 Å². The van der Waals surface area contributed by atoms with E-state index < -0.39 is 5.82 Å². The number of hydrogen-bond donors (Lipinski definition) is 0. The second-order valence-corrected chi connectivity index (χ2v) is 10.8. The molecule has 0 radical (unpaired) electrons. The molecule has 0 unspecified atom stereocenters. The van der Waals surface area contributed by atoms with E-state index in [1.807, 2.05) is 18.3 Å². The first-order valence-corrected chi connectivity index (χ1v) is 13.4. The predicted molar refractivity (Wildman–Crippen MR) is 145 cm³/mol. The molecule has 6 rings (SSSR count). The smallest absolute Gasteiger partial charge is 0.277 e. The Hall–Kier alpha value is -3.40. The number of halogens is 2. The lowest BCUT2D eigenvalue weighted by Gasteiger charge is -2.31. The molecular formula is C29H28ClFN4O4. The fourth-order valence-corrected chi connectivity index (χ4v) is 5.44. The molecule has 2 aliphatic heterocycles. The van der Waals surface area contributed by atoms with Crippen LogP contribution in [0.5, 0.6) is 0 Å². The van der Waals surface area contributed by atoms with Gasteiger partial charge in [0.2, 0.25) is 0 Å². The second kappa shape index (κ2) is 10.3. The molecule has 202 valence electrons. The maximum absolute atomic E-state index is 15.1. The van der Waals surface area contributed by atoms with Gasteiger partial charge in [0.05, 0.1) is 25.0 Å². The van der Waals surface area contributed by atoms with Gasteiger partial charge in [0.25, 0.3) is 11.1 Å². The summed E-state index contributed by atoms with van der Waals surface area (Å²) in [5, 5.41) is 5.00. The van der Waals surface area contributed by atoms with E-state index in [1.165, 1.54) is 10.6 Å². The van der Waals surface area contributed by atoms with Crippen LogP contribution in [0, 0.1) is 25.6 Å². The van der Waals surface area contributed by atoms with Crippen molar-refractivity contribution in [1.82, 2.24) is 19.2 Å². The molecule has 0 saturated carbocycles. The van der Waals surface area contributed by atoms with Gasteiger partial charge in [-0.2, -0.15) is 9.61 Å². The fraction of sp³-hybridized carbons (Fsp3) is 0.379. The van der Waals surface area contributed by atoms with Crippen LogP contribution >= 0.6 is 11.6 Å². The van der Waals surface area contributed by atoms with Gasteiger partial charge in [-0.1, -0.05) is 11.6 Å². The zero-order chi connectivity index (χ0) is 27.3. The Morgan fingerprint density at radius 3 is 2.67 bits per heavy atom. The number of nitrogens with zero attached hydrogens (tertiary/aromatic N) is 4. The molecule has 2 atom stereocenters. The van der Waals surface area contributed by atoms with Crippen LogP contribution < -0.4 is 11.1 Å². The van der Waals surface area contributed by atoms with E-state index >= 15 is 4.39 Å². The van der Waals surface area contributed by atoms with E-state index in [0.29, 0.717) is 78.9 Å². The summed E-state index contributed by atoms with van der Waals surface area (Å²) in [7, 11) is 0. The maximum Gasteiger partial charge on any atom is 0.277 e. The largest absolute Gasteiger partial charge is 0.381 e. The van der Waals surface area contributed by atoms with Crippen molar-refractivity contribution in [1.29, 1.82) is 0 Å². The van der Waals surface area contributed by atoms with E-state index in [-0.39, 0.29) is 28.2 Å². The molecule has 0 aliphatic carbocycles. The Morgan fingerprint density at radius 1 is 1.10 bits per heavy atom. The highest BCUT2D eigenvalue weighted by atomic mass is 35.5. The number of hydrogen-bond acceptors (Lipinski definition) is 6. The molecule has 2 fully saturated rings. The van der Waals surface area contributed by atoms with Gasteiger partial charge in [-0.05, 0) is 62.6 Å². The molecule has 5 heterocycles. The van der Waals surface area contributed by atoms with Crippen molar-refractivity contribution < 1.29 is 13.9 Å². The van der Waals surface area contributed by atoms with Crippen molar-refractivity contribution in [2.24, 2.45) is 5.92 Å². The minimum atomic E-state index is -0.502. The number of aryl methyl sites for hydroxylation is 1. The van der Waals surface area contributed by atoms with Crippen LogP contribution in [0.2, 0.25) is 5.02 Å². The number of fused-ring (bicyclic) bond motifs is 1. The van der Waals surface area contributed by atoms with Gasteiger partial charge < -0.3 is 14.0 Å². The minimum absolute atomic E-state index is 0.0543. The van der Waals surface area contributed by atoms with Crippen LogP contribution in [-0.4, -0.2) is 39.0 Å². The van der Waals surface area contributed by atoms with Crippen molar-refractivity contribution >= 4 is 17.2 Å². The zero-order valence-electron chi connectivity index (χ0n) is 21.7. The summed E-state index contributed by atoms with van der Waals surface area (Å²) in [6.07, 6.45) is 2.90. The minimum Gasteiger partial charge on any atom is -0.381 e. The van der Waals surface area contributed by atoms with Crippen LogP contribution in [-0.2, 0) is 16.0 Å². The average molecular weight is 551 g/mol. The molecule has 0 amide bonds. The Labute approximate surface area is 229 Å². The first kappa shape index (κ1) is 25.9. The lowest BCUT2D eigenvalue weighted by Crippen LogP contribution is -2.35. The van der Waals surface area contributed by atoms with E-state index in [9.17, 15) is 9.59 Å². The first-order valence-electron chi connectivity index (χ1n) is 13.0. The summed E-state index contributed by atoms with van der Waals surface area (Å²) in [5.41, 5.74) is 3.36. The monoisotopic (exact) mass is 550 g/mol. The summed E-state index contributed by atoms with van der Waals surface area (Å²) >= 11 is 6.02. The lowest BCUT2D eigenvalue weighted by molar-refractivity contribution is -0.0400. The highest BCUT2D eigenvalue weighted by Crippen LogP contribution is 2.38. The van der Waals surface area contributed by atoms with Gasteiger partial charge in [-0.25, -0.2) is 9.37 Å². The number of rotatable bonds is 5. The Balaban J connectivity index is 1.40. The summed E-state index contributed by atoms with van der Waals surface area (Å²) in [4.78, 5) is 30.3.